The van der Waals surface area contributed by atoms with Crippen molar-refractivity contribution in [2.75, 3.05) is 19.8 Å². The fraction of sp³-hybridized carbons (Fsp3) is 0.362. The molecule has 3 fully saturated rings. The van der Waals surface area contributed by atoms with E-state index >= 15 is 24.0 Å². The van der Waals surface area contributed by atoms with Gasteiger partial charge in [-0.1, -0.05) is 47.5 Å². The molecule has 0 radical (unpaired) electrons. The van der Waals surface area contributed by atoms with Gasteiger partial charge < -0.3 is 167 Å². The number of ether oxygens (including phenoxy) is 9. The van der Waals surface area contributed by atoms with Crippen LogP contribution in [0.1, 0.15) is 89.1 Å². The second kappa shape index (κ2) is 36.0. The van der Waals surface area contributed by atoms with E-state index in [0.717, 1.165) is 98.8 Å². The van der Waals surface area contributed by atoms with Crippen molar-refractivity contribution in [2.45, 2.75) is 161 Å². The third kappa shape index (κ3) is 17.9. The molecule has 0 saturated carbocycles. The molecule has 9 aliphatic heterocycles. The fourth-order valence-electron chi connectivity index (χ4n) is 15.3. The van der Waals surface area contributed by atoms with Crippen LogP contribution in [0.4, 0.5) is 0 Å². The molecule has 16 rings (SSSR count). The Labute approximate surface area is 708 Å². The zero-order chi connectivity index (χ0) is 89.0. The van der Waals surface area contributed by atoms with Gasteiger partial charge >= 0.3 is 5.97 Å². The summed E-state index contributed by atoms with van der Waals surface area (Å²) >= 11 is 14.6. The molecule has 658 valence electrons. The number of carboxylic acids is 1. The Morgan fingerprint density at radius 3 is 1.60 bits per heavy atom. The van der Waals surface area contributed by atoms with Gasteiger partial charge in [-0.25, -0.2) is 4.79 Å². The van der Waals surface area contributed by atoms with Crippen molar-refractivity contribution >= 4 is 76.4 Å². The molecule has 0 spiro atoms. The summed E-state index contributed by atoms with van der Waals surface area (Å²) in [4.78, 5) is 136. The maximum atomic E-state index is 16.9. The number of fused-ring (bicyclic) bond motifs is 14. The van der Waals surface area contributed by atoms with Crippen molar-refractivity contribution in [3.63, 3.8) is 0 Å². The Kier molecular flexibility index (Phi) is 25.6. The van der Waals surface area contributed by atoms with Crippen LogP contribution in [-0.4, -0.2) is 254 Å². The molecule has 7 aromatic carbocycles. The summed E-state index contributed by atoms with van der Waals surface area (Å²) in [5.41, 5.74) is 2.71. The number of aliphatic hydroxyl groups excluding tert-OH is 10. The number of carboxylic acid groups (broad SMARTS) is 1. The molecular formula is C80H81Cl2N9O33. The Morgan fingerprint density at radius 1 is 0.476 bits per heavy atom. The topological polar surface area (TPSA) is 662 Å². The molecule has 9 aliphatic rings. The minimum atomic E-state index is -2.59. The first-order valence-corrected chi connectivity index (χ1v) is 38.8. The molecule has 17 bridgehead atoms. The first-order chi connectivity index (χ1) is 59.0. The first kappa shape index (κ1) is 88.3. The zero-order valence-electron chi connectivity index (χ0n) is 64.5. The Hall–Kier alpha value is -12.1. The van der Waals surface area contributed by atoms with E-state index in [4.69, 9.17) is 71.6 Å². The number of benzene rings is 7. The maximum absolute atomic E-state index is 16.9. The van der Waals surface area contributed by atoms with Gasteiger partial charge in [0.25, 0.3) is 0 Å². The van der Waals surface area contributed by atoms with Gasteiger partial charge in [-0.2, -0.15) is 0 Å². The summed E-state index contributed by atoms with van der Waals surface area (Å²) in [6, 6.07) is 0.427. The Balaban J connectivity index is 1.05. The van der Waals surface area contributed by atoms with Crippen LogP contribution in [0.15, 0.2) is 115 Å². The number of amides is 8. The number of hydrogen-bond donors (Lipinski definition) is 24. The monoisotopic (exact) mass is 1770 g/mol. The Morgan fingerprint density at radius 2 is 1.00 bits per heavy atom. The van der Waals surface area contributed by atoms with E-state index in [9.17, 15) is 95.8 Å². The van der Waals surface area contributed by atoms with Crippen LogP contribution >= 0.6 is 23.2 Å². The lowest BCUT2D eigenvalue weighted by atomic mass is 9.89. The number of aliphatic hydroxyl groups is 10. The number of carbonyl (C=O) groups is 9. The van der Waals surface area contributed by atoms with Gasteiger partial charge in [0.1, 0.15) is 156 Å². The van der Waals surface area contributed by atoms with Crippen LogP contribution in [0, 0.1) is 0 Å². The van der Waals surface area contributed by atoms with Crippen molar-refractivity contribution in [2.24, 2.45) is 5.73 Å². The summed E-state index contributed by atoms with van der Waals surface area (Å²) in [5, 5.41) is 188. The number of halogens is 2. The lowest BCUT2D eigenvalue weighted by Gasteiger charge is -2.44. The van der Waals surface area contributed by atoms with Crippen molar-refractivity contribution in [3.05, 3.63) is 164 Å². The number of phenolic OH excluding ortho intramolecular Hbond substituents is 4. The van der Waals surface area contributed by atoms with E-state index in [-0.39, 0.29) is 33.4 Å². The van der Waals surface area contributed by atoms with E-state index in [2.05, 4.69) is 42.5 Å². The molecule has 9 heterocycles. The average molecular weight is 1770 g/mol. The number of hydrogen-bond acceptors (Lipinski definition) is 33. The van der Waals surface area contributed by atoms with E-state index < -0.39 is 316 Å². The predicted octanol–water partition coefficient (Wildman–Crippen LogP) is -1.96. The highest BCUT2D eigenvalue weighted by Crippen LogP contribution is 2.51. The number of rotatable bonds is 12. The van der Waals surface area contributed by atoms with Gasteiger partial charge in [0.05, 0.1) is 29.9 Å². The lowest BCUT2D eigenvalue weighted by molar-refractivity contribution is -0.284. The van der Waals surface area contributed by atoms with Gasteiger partial charge in [-0.15, -0.1) is 0 Å². The number of aliphatic carboxylic acids is 1. The fourth-order valence-corrected chi connectivity index (χ4v) is 15.7. The smallest absolute Gasteiger partial charge is 0.330 e. The third-order valence-electron chi connectivity index (χ3n) is 21.5. The summed E-state index contributed by atoms with van der Waals surface area (Å²) < 4.78 is 56.7. The normalized spacial score (nSPS) is 29.9. The molecule has 44 heteroatoms. The number of phenols is 4. The standard InChI is InChI=1S/C80H81Cl2N9O33/c1-26(95)84-59-65(104)62(101)50(23-92)120-78(59)123-69-31-6-10-45(40(82)16-31)118-49-19-33-18-48(70(49)124-79-60(85-27(2)96)66(105)63(102)51(24-93)121-79)117-44-9-3-28(11-39(44)81)12-41-71(108)87-56(32-13-34(97)20-36(14-32)116-46-17-29(4-8-43(46)100)54(83)72(109)86-41)74(111)89-57(33)75(112)88-55-30-5-7-42(99)37(15-30)53-38(58(77(114)115)90-76(113)61(69)91-73(55)110)21-35(98)22-47(53)119-80-68(107)67(106)64(103)52(25-94)122-80/h3-11,13-22,41,50-52,54-69,78-80,92-94,97-107H,12,23-25,83H2,1-2H3,(H,84,95)(H,85,96)(H,86,109)(H,87,108)(H,88,112)(H,89,111)(H,90,113)(H,91,110)(H,114,115)/t41-,50?,51?,52?,54-,55?,56+,57-,58+,59?,60?,61-,62?,63?,64?,65?,66?,67?,68?,69-,78?,79?,80?/m1/s1. The van der Waals surface area contributed by atoms with Crippen LogP contribution in [0.25, 0.3) is 11.1 Å². The summed E-state index contributed by atoms with van der Waals surface area (Å²) in [5.74, 6) is -19.8. The molecule has 3 saturated heterocycles. The number of aromatic hydroxyl groups is 4. The highest BCUT2D eigenvalue weighted by molar-refractivity contribution is 6.32. The van der Waals surface area contributed by atoms with Gasteiger partial charge in [-0.3, -0.25) is 38.4 Å². The number of nitrogens with one attached hydrogen (secondary N) is 8. The van der Waals surface area contributed by atoms with Crippen LogP contribution in [0.3, 0.4) is 0 Å². The van der Waals surface area contributed by atoms with Gasteiger partial charge in [0, 0.05) is 49.1 Å². The van der Waals surface area contributed by atoms with Crippen LogP contribution in [0.2, 0.25) is 10.0 Å². The van der Waals surface area contributed by atoms with Crippen molar-refractivity contribution < 1.29 is 162 Å². The second-order valence-electron chi connectivity index (χ2n) is 30.0. The summed E-state index contributed by atoms with van der Waals surface area (Å²) in [6.45, 7) is -1.16. The van der Waals surface area contributed by atoms with Crippen LogP contribution in [0.5, 0.6) is 69.0 Å². The molecule has 0 aliphatic carbocycles. The molecule has 124 heavy (non-hydrogen) atoms. The van der Waals surface area contributed by atoms with Crippen molar-refractivity contribution in [1.29, 1.82) is 0 Å². The highest BCUT2D eigenvalue weighted by Gasteiger charge is 2.52. The van der Waals surface area contributed by atoms with Gasteiger partial charge in [0.15, 0.2) is 35.3 Å². The second-order valence-corrected chi connectivity index (χ2v) is 30.8. The van der Waals surface area contributed by atoms with Crippen LogP contribution in [-0.2, 0) is 68.5 Å². The van der Waals surface area contributed by atoms with E-state index in [1.54, 1.807) is 0 Å². The first-order valence-electron chi connectivity index (χ1n) is 38.0. The zero-order valence-corrected chi connectivity index (χ0v) is 66.0. The molecule has 7 aromatic rings. The quantitative estimate of drug-likeness (QED) is 0.0632. The van der Waals surface area contributed by atoms with Gasteiger partial charge in [0.2, 0.25) is 65.6 Å². The minimum Gasteiger partial charge on any atom is -0.508 e. The molecule has 8 amide bonds. The van der Waals surface area contributed by atoms with Crippen LogP contribution < -0.4 is 72.0 Å². The third-order valence-corrected chi connectivity index (χ3v) is 22.1. The van der Waals surface area contributed by atoms with Crippen molar-refractivity contribution in [1.82, 2.24) is 42.5 Å². The molecule has 16 unspecified atom stereocenters. The lowest BCUT2D eigenvalue weighted by Crippen LogP contribution is -2.65. The van der Waals surface area contributed by atoms with Gasteiger partial charge in [-0.05, 0) is 112 Å². The summed E-state index contributed by atoms with van der Waals surface area (Å²) in [6.07, 6.45) is -29.2. The van der Waals surface area contributed by atoms with Crippen molar-refractivity contribution in [3.8, 4) is 80.1 Å². The molecule has 0 aromatic heterocycles. The molecular weight excluding hydrogens is 1690 g/mol. The SMILES string of the molecule is CC(=O)NC1C(Oc2c3cc4cc2Oc2ccc(cc2Cl)[C@@H](OC2OC(CO)C(O)C(O)C2NC(C)=O)[C@H]2NC(=O)C(NC(=O)[C@@H]4NC(=O)[C@H]4NC(=O)[C@@H](Cc5ccc(c(Cl)c5)O3)NC(=O)[C@H](N)c3ccc(O)c(c3)Oc3cc(O)cc4c3)c3ccc(O)c(c3)-c3c(OC4OC(CO)C(O)C(O)C4O)cc(O)cc3[C@@H](C(=O)O)NC2=O)OC(CO)C(O)C1O. The maximum Gasteiger partial charge on any atom is 0.330 e. The molecule has 42 nitrogen and oxygen atoms in total. The number of carbonyl (C=O) groups excluding carboxylic acids is 8. The van der Waals surface area contributed by atoms with E-state index in [1.165, 1.54) is 30.3 Å². The minimum absolute atomic E-state index is 0.0241. The Bertz CT molecular complexity index is 5380. The molecule has 25 N–H and O–H groups in total. The molecule has 23 atom stereocenters. The summed E-state index contributed by atoms with van der Waals surface area (Å²) in [7, 11) is 0. The van der Waals surface area contributed by atoms with E-state index in [1.807, 2.05) is 0 Å². The average Bonchev–Trinajstić information content (AvgIpc) is 0.758. The largest absolute Gasteiger partial charge is 0.508 e. The predicted molar refractivity (Wildman–Crippen MR) is 416 cm³/mol. The number of nitrogens with two attached hydrogens (primary N) is 1. The highest BCUT2D eigenvalue weighted by atomic mass is 35.5. The van der Waals surface area contributed by atoms with E-state index in [0.29, 0.717) is 0 Å².